The van der Waals surface area contributed by atoms with Crippen LogP contribution in [0.15, 0.2) is 64.1 Å². The summed E-state index contributed by atoms with van der Waals surface area (Å²) in [4.78, 5) is 16.1. The lowest BCUT2D eigenvalue weighted by Gasteiger charge is -2.20. The number of hydrogen-bond donors (Lipinski definition) is 0. The van der Waals surface area contributed by atoms with Crippen LogP contribution in [0.5, 0.6) is 11.5 Å². The lowest BCUT2D eigenvalue weighted by atomic mass is 10.1. The summed E-state index contributed by atoms with van der Waals surface area (Å²) < 4.78 is 88.8. The second-order valence-corrected chi connectivity index (χ2v) is 8.16. The molecule has 34 heavy (non-hydrogen) atoms. The van der Waals surface area contributed by atoms with Crippen LogP contribution in [0.4, 0.5) is 26.3 Å². The standard InChI is InChI=1S/C23H13BrF6N2O2/c1-11(20-16(26)7-12(25)8-17(20)27)32-10-31-22(33)14-9-13(5-6-18(14)32)34-19-4-2-3-15(24)21(19)23(28,29)30/h2-11H,1H3. The third kappa shape index (κ3) is 4.39. The van der Waals surface area contributed by atoms with E-state index in [2.05, 4.69) is 20.9 Å². The second kappa shape index (κ2) is 8.79. The third-order valence-electron chi connectivity index (χ3n) is 5.14. The van der Waals surface area contributed by atoms with Crippen molar-refractivity contribution in [3.05, 3.63) is 98.3 Å². The number of rotatable bonds is 4. The SMILES string of the molecule is CC(c1c(F)cc(F)cc1F)n1cnc(=O)c2cc(Oc3cccc(Br)c3C(F)(F)F)ccc21. The molecule has 0 amide bonds. The van der Waals surface area contributed by atoms with E-state index in [0.717, 1.165) is 12.4 Å². The van der Waals surface area contributed by atoms with E-state index in [1.165, 1.54) is 41.8 Å². The van der Waals surface area contributed by atoms with Crippen LogP contribution in [-0.2, 0) is 6.18 Å². The van der Waals surface area contributed by atoms with Gasteiger partial charge in [0.15, 0.2) is 0 Å². The molecule has 1 unspecified atom stereocenters. The molecule has 0 saturated heterocycles. The molecule has 4 nitrogen and oxygen atoms in total. The maximum atomic E-state index is 14.3. The normalized spacial score (nSPS) is 12.7. The maximum Gasteiger partial charge on any atom is 0.421 e. The van der Waals surface area contributed by atoms with Gasteiger partial charge in [0.25, 0.3) is 5.56 Å². The van der Waals surface area contributed by atoms with Gasteiger partial charge in [0, 0.05) is 22.2 Å². The van der Waals surface area contributed by atoms with Crippen molar-refractivity contribution in [2.45, 2.75) is 19.1 Å². The highest BCUT2D eigenvalue weighted by Crippen LogP contribution is 2.42. The zero-order valence-electron chi connectivity index (χ0n) is 17.1. The summed E-state index contributed by atoms with van der Waals surface area (Å²) in [7, 11) is 0. The molecule has 0 spiro atoms. The van der Waals surface area contributed by atoms with Gasteiger partial charge in [0.05, 0.1) is 23.3 Å². The Kier molecular flexibility index (Phi) is 6.15. The lowest BCUT2D eigenvalue weighted by Crippen LogP contribution is -2.18. The molecule has 1 aromatic heterocycles. The number of alkyl halides is 3. The Morgan fingerprint density at radius 3 is 2.35 bits per heavy atom. The van der Waals surface area contributed by atoms with E-state index in [-0.39, 0.29) is 21.1 Å². The Labute approximate surface area is 196 Å². The van der Waals surface area contributed by atoms with E-state index in [1.807, 2.05) is 0 Å². The van der Waals surface area contributed by atoms with Gasteiger partial charge in [-0.3, -0.25) is 4.79 Å². The van der Waals surface area contributed by atoms with Crippen LogP contribution in [0.2, 0.25) is 0 Å². The van der Waals surface area contributed by atoms with Crippen LogP contribution in [0, 0.1) is 17.5 Å². The number of halogens is 7. The van der Waals surface area contributed by atoms with Gasteiger partial charge in [-0.1, -0.05) is 22.0 Å². The molecule has 1 atom stereocenters. The predicted molar refractivity (Wildman–Crippen MR) is 115 cm³/mol. The molecule has 4 aromatic rings. The number of ether oxygens (including phenoxy) is 1. The van der Waals surface area contributed by atoms with E-state index in [9.17, 15) is 31.1 Å². The Balaban J connectivity index is 1.80. The summed E-state index contributed by atoms with van der Waals surface area (Å²) in [6.07, 6.45) is -3.63. The predicted octanol–water partition coefficient (Wildman–Crippen LogP) is 7.00. The van der Waals surface area contributed by atoms with Crippen molar-refractivity contribution in [2.24, 2.45) is 0 Å². The molecule has 0 aliphatic rings. The van der Waals surface area contributed by atoms with Crippen molar-refractivity contribution < 1.29 is 31.1 Å². The first-order valence-corrected chi connectivity index (χ1v) is 10.5. The number of benzene rings is 3. The summed E-state index contributed by atoms with van der Waals surface area (Å²) in [6, 6.07) is 7.59. The van der Waals surface area contributed by atoms with Gasteiger partial charge in [0.2, 0.25) is 0 Å². The highest BCUT2D eigenvalue weighted by Gasteiger charge is 2.37. The van der Waals surface area contributed by atoms with Gasteiger partial charge in [-0.2, -0.15) is 18.2 Å². The van der Waals surface area contributed by atoms with Crippen LogP contribution >= 0.6 is 15.9 Å². The number of aromatic nitrogens is 2. The minimum Gasteiger partial charge on any atom is -0.457 e. The molecule has 0 aliphatic carbocycles. The summed E-state index contributed by atoms with van der Waals surface area (Å²) >= 11 is 2.86. The van der Waals surface area contributed by atoms with Gasteiger partial charge in [-0.15, -0.1) is 0 Å². The van der Waals surface area contributed by atoms with E-state index in [0.29, 0.717) is 12.1 Å². The van der Waals surface area contributed by atoms with E-state index < -0.39 is 52.1 Å². The molecular weight excluding hydrogens is 530 g/mol. The van der Waals surface area contributed by atoms with Gasteiger partial charge in [-0.05, 0) is 37.3 Å². The van der Waals surface area contributed by atoms with Crippen LogP contribution < -0.4 is 10.3 Å². The van der Waals surface area contributed by atoms with Crippen LogP contribution in [0.3, 0.4) is 0 Å². The zero-order valence-corrected chi connectivity index (χ0v) is 18.7. The highest BCUT2D eigenvalue weighted by atomic mass is 79.9. The van der Waals surface area contributed by atoms with Gasteiger partial charge >= 0.3 is 6.18 Å². The highest BCUT2D eigenvalue weighted by molar-refractivity contribution is 9.10. The van der Waals surface area contributed by atoms with Gasteiger partial charge < -0.3 is 9.30 Å². The molecule has 0 radical (unpaired) electrons. The molecule has 3 aromatic carbocycles. The molecule has 11 heteroatoms. The van der Waals surface area contributed by atoms with Crippen LogP contribution in [0.1, 0.15) is 24.1 Å². The van der Waals surface area contributed by atoms with Crippen molar-refractivity contribution >= 4 is 26.8 Å². The average Bonchev–Trinajstić information content (AvgIpc) is 2.72. The Morgan fingerprint density at radius 2 is 1.71 bits per heavy atom. The third-order valence-corrected chi connectivity index (χ3v) is 5.80. The lowest BCUT2D eigenvalue weighted by molar-refractivity contribution is -0.139. The summed E-state index contributed by atoms with van der Waals surface area (Å²) in [5.74, 6) is -3.90. The smallest absolute Gasteiger partial charge is 0.421 e. The number of fused-ring (bicyclic) bond motifs is 1. The first kappa shape index (κ1) is 23.8. The fourth-order valence-electron chi connectivity index (χ4n) is 3.61. The molecular formula is C23H13BrF6N2O2. The molecule has 0 fully saturated rings. The molecule has 0 aliphatic heterocycles. The van der Waals surface area contributed by atoms with Crippen molar-refractivity contribution in [3.63, 3.8) is 0 Å². The van der Waals surface area contributed by atoms with Crippen molar-refractivity contribution in [1.82, 2.24) is 9.55 Å². The maximum absolute atomic E-state index is 14.3. The Bertz CT molecular complexity index is 1450. The van der Waals surface area contributed by atoms with Crippen molar-refractivity contribution in [2.75, 3.05) is 0 Å². The average molecular weight is 543 g/mol. The van der Waals surface area contributed by atoms with Gasteiger partial charge in [0.1, 0.15) is 34.5 Å². The summed E-state index contributed by atoms with van der Waals surface area (Å²) in [5.41, 5.74) is -2.02. The topological polar surface area (TPSA) is 44.1 Å². The van der Waals surface area contributed by atoms with E-state index in [4.69, 9.17) is 4.74 Å². The minimum absolute atomic E-state index is 0.0571. The van der Waals surface area contributed by atoms with Gasteiger partial charge in [-0.25, -0.2) is 13.2 Å². The number of nitrogens with zero attached hydrogens (tertiary/aromatic N) is 2. The van der Waals surface area contributed by atoms with E-state index in [1.54, 1.807) is 0 Å². The largest absolute Gasteiger partial charge is 0.457 e. The first-order valence-electron chi connectivity index (χ1n) is 9.66. The Morgan fingerprint density at radius 1 is 1.03 bits per heavy atom. The fraction of sp³-hybridized carbons (Fsp3) is 0.130. The monoisotopic (exact) mass is 542 g/mol. The molecule has 1 heterocycles. The summed E-state index contributed by atoms with van der Waals surface area (Å²) in [5, 5.41) is -0.0571. The Hall–Kier alpha value is -3.34. The number of hydrogen-bond acceptors (Lipinski definition) is 3. The zero-order chi connectivity index (χ0) is 24.8. The van der Waals surface area contributed by atoms with E-state index >= 15 is 0 Å². The van der Waals surface area contributed by atoms with Crippen molar-refractivity contribution in [3.8, 4) is 11.5 Å². The van der Waals surface area contributed by atoms with Crippen LogP contribution in [-0.4, -0.2) is 9.55 Å². The molecule has 0 N–H and O–H groups in total. The fourth-order valence-corrected chi connectivity index (χ4v) is 4.19. The molecule has 176 valence electrons. The quantitative estimate of drug-likeness (QED) is 0.261. The first-order chi connectivity index (χ1) is 16.0. The van der Waals surface area contributed by atoms with Crippen LogP contribution in [0.25, 0.3) is 10.9 Å². The molecule has 0 bridgehead atoms. The molecule has 0 saturated carbocycles. The second-order valence-electron chi connectivity index (χ2n) is 7.31. The van der Waals surface area contributed by atoms with Crippen molar-refractivity contribution in [1.29, 1.82) is 0 Å². The minimum atomic E-state index is -4.71. The summed E-state index contributed by atoms with van der Waals surface area (Å²) in [6.45, 7) is 1.42. The molecule has 4 rings (SSSR count).